The van der Waals surface area contributed by atoms with Gasteiger partial charge in [-0.15, -0.1) is 0 Å². The summed E-state index contributed by atoms with van der Waals surface area (Å²) >= 11 is 0. The first-order valence-electron chi connectivity index (χ1n) is 6.30. The predicted octanol–water partition coefficient (Wildman–Crippen LogP) is 2.03. The number of ether oxygens (including phenoxy) is 1. The first-order chi connectivity index (χ1) is 8.26. The number of nitrogens with two attached hydrogens (primary N) is 1. The minimum Gasteiger partial charge on any atom is -0.492 e. The highest BCUT2D eigenvalue weighted by molar-refractivity contribution is 5.26. The molecule has 2 unspecified atom stereocenters. The fourth-order valence-corrected chi connectivity index (χ4v) is 2.30. The standard InChI is InChI=1S/C13H21N3O/c1-3-17-12-6-11(7-15-8-12)13(16-14)9(2)10-4-5-10/h6-10,13,16H,3-5,14H2,1-2H3. The Labute approximate surface area is 103 Å². The Bertz CT molecular complexity index is 365. The van der Waals surface area contributed by atoms with E-state index in [0.717, 1.165) is 17.2 Å². The van der Waals surface area contributed by atoms with Crippen molar-refractivity contribution >= 4 is 0 Å². The number of rotatable bonds is 6. The van der Waals surface area contributed by atoms with E-state index in [2.05, 4.69) is 17.3 Å². The van der Waals surface area contributed by atoms with Crippen molar-refractivity contribution in [1.29, 1.82) is 0 Å². The van der Waals surface area contributed by atoms with Crippen LogP contribution in [0.3, 0.4) is 0 Å². The minimum absolute atomic E-state index is 0.162. The summed E-state index contributed by atoms with van der Waals surface area (Å²) in [5.74, 6) is 7.83. The number of nitrogens with zero attached hydrogens (tertiary/aromatic N) is 1. The third kappa shape index (κ3) is 2.96. The van der Waals surface area contributed by atoms with Crippen LogP contribution in [0.5, 0.6) is 5.75 Å². The predicted molar refractivity (Wildman–Crippen MR) is 67.4 cm³/mol. The Kier molecular flexibility index (Phi) is 3.97. The minimum atomic E-state index is 0.162. The fourth-order valence-electron chi connectivity index (χ4n) is 2.30. The summed E-state index contributed by atoms with van der Waals surface area (Å²) in [5, 5.41) is 0. The maximum Gasteiger partial charge on any atom is 0.137 e. The molecule has 1 aromatic heterocycles. The van der Waals surface area contributed by atoms with Crippen molar-refractivity contribution in [2.24, 2.45) is 17.7 Å². The van der Waals surface area contributed by atoms with E-state index >= 15 is 0 Å². The van der Waals surface area contributed by atoms with Crippen molar-refractivity contribution in [3.8, 4) is 5.75 Å². The van der Waals surface area contributed by atoms with Crippen molar-refractivity contribution in [3.63, 3.8) is 0 Å². The number of hydrogen-bond acceptors (Lipinski definition) is 4. The van der Waals surface area contributed by atoms with Crippen LogP contribution >= 0.6 is 0 Å². The quantitative estimate of drug-likeness (QED) is 0.585. The van der Waals surface area contributed by atoms with Crippen LogP contribution in [0.15, 0.2) is 18.5 Å². The molecule has 1 aliphatic carbocycles. The van der Waals surface area contributed by atoms with Gasteiger partial charge in [0.05, 0.1) is 18.8 Å². The molecule has 1 fully saturated rings. The Hall–Kier alpha value is -1.13. The van der Waals surface area contributed by atoms with Gasteiger partial charge in [0.15, 0.2) is 0 Å². The van der Waals surface area contributed by atoms with Gasteiger partial charge in [-0.2, -0.15) is 0 Å². The summed E-state index contributed by atoms with van der Waals surface area (Å²) in [6.45, 7) is 4.87. The summed E-state index contributed by atoms with van der Waals surface area (Å²) in [6.07, 6.45) is 6.24. The van der Waals surface area contributed by atoms with E-state index < -0.39 is 0 Å². The van der Waals surface area contributed by atoms with Gasteiger partial charge >= 0.3 is 0 Å². The molecule has 0 saturated heterocycles. The molecular weight excluding hydrogens is 214 g/mol. The molecule has 0 aromatic carbocycles. The fraction of sp³-hybridized carbons (Fsp3) is 0.615. The summed E-state index contributed by atoms with van der Waals surface area (Å²) in [6, 6.07) is 2.19. The molecule has 17 heavy (non-hydrogen) atoms. The van der Waals surface area contributed by atoms with Crippen molar-refractivity contribution in [2.45, 2.75) is 32.7 Å². The van der Waals surface area contributed by atoms with Crippen LogP contribution in [-0.4, -0.2) is 11.6 Å². The summed E-state index contributed by atoms with van der Waals surface area (Å²) in [7, 11) is 0. The Morgan fingerprint density at radius 2 is 2.29 bits per heavy atom. The van der Waals surface area contributed by atoms with Crippen molar-refractivity contribution < 1.29 is 4.74 Å². The molecule has 2 rings (SSSR count). The van der Waals surface area contributed by atoms with Crippen LogP contribution in [0.2, 0.25) is 0 Å². The van der Waals surface area contributed by atoms with Crippen LogP contribution in [-0.2, 0) is 0 Å². The zero-order valence-electron chi connectivity index (χ0n) is 10.5. The zero-order valence-corrected chi connectivity index (χ0v) is 10.5. The molecule has 0 spiro atoms. The number of hydrogen-bond donors (Lipinski definition) is 2. The molecule has 2 atom stereocenters. The maximum atomic E-state index is 5.68. The number of nitrogens with one attached hydrogen (secondary N) is 1. The third-order valence-corrected chi connectivity index (χ3v) is 3.48. The summed E-state index contributed by atoms with van der Waals surface area (Å²) in [5.41, 5.74) is 4.02. The number of aromatic nitrogens is 1. The topological polar surface area (TPSA) is 60.2 Å². The van der Waals surface area contributed by atoms with Crippen LogP contribution in [0.4, 0.5) is 0 Å². The third-order valence-electron chi connectivity index (χ3n) is 3.48. The summed E-state index contributed by atoms with van der Waals surface area (Å²) in [4.78, 5) is 4.21. The summed E-state index contributed by atoms with van der Waals surface area (Å²) < 4.78 is 5.47. The van der Waals surface area contributed by atoms with E-state index in [4.69, 9.17) is 10.6 Å². The van der Waals surface area contributed by atoms with E-state index in [1.165, 1.54) is 12.8 Å². The average Bonchev–Trinajstić information content (AvgIpc) is 3.14. The van der Waals surface area contributed by atoms with Crippen LogP contribution < -0.4 is 16.0 Å². The van der Waals surface area contributed by atoms with Gasteiger partial charge in [-0.05, 0) is 43.2 Å². The molecule has 0 amide bonds. The highest BCUT2D eigenvalue weighted by Crippen LogP contribution is 2.42. The molecule has 94 valence electrons. The highest BCUT2D eigenvalue weighted by atomic mass is 16.5. The second-order valence-electron chi connectivity index (χ2n) is 4.73. The van der Waals surface area contributed by atoms with E-state index in [1.54, 1.807) is 6.20 Å². The lowest BCUT2D eigenvalue weighted by molar-refractivity contribution is 0.331. The van der Waals surface area contributed by atoms with Gasteiger partial charge in [-0.1, -0.05) is 6.92 Å². The van der Waals surface area contributed by atoms with Crippen molar-refractivity contribution in [2.75, 3.05) is 6.61 Å². The lowest BCUT2D eigenvalue weighted by Gasteiger charge is -2.23. The Balaban J connectivity index is 2.14. The molecular formula is C13H21N3O. The molecule has 4 heteroatoms. The van der Waals surface area contributed by atoms with E-state index in [1.807, 2.05) is 19.2 Å². The molecule has 3 N–H and O–H groups in total. The van der Waals surface area contributed by atoms with Gasteiger partial charge in [-0.25, -0.2) is 0 Å². The first-order valence-corrected chi connectivity index (χ1v) is 6.30. The van der Waals surface area contributed by atoms with E-state index in [-0.39, 0.29) is 6.04 Å². The molecule has 1 heterocycles. The van der Waals surface area contributed by atoms with E-state index in [0.29, 0.717) is 12.5 Å². The van der Waals surface area contributed by atoms with Crippen molar-refractivity contribution in [1.82, 2.24) is 10.4 Å². The molecule has 1 saturated carbocycles. The van der Waals surface area contributed by atoms with Gasteiger partial charge in [0, 0.05) is 6.20 Å². The largest absolute Gasteiger partial charge is 0.492 e. The van der Waals surface area contributed by atoms with Gasteiger partial charge in [0.1, 0.15) is 5.75 Å². The lowest BCUT2D eigenvalue weighted by atomic mass is 9.92. The average molecular weight is 235 g/mol. The second kappa shape index (κ2) is 5.47. The Morgan fingerprint density at radius 3 is 2.88 bits per heavy atom. The molecule has 0 radical (unpaired) electrons. The van der Waals surface area contributed by atoms with Crippen LogP contribution in [0.25, 0.3) is 0 Å². The lowest BCUT2D eigenvalue weighted by Crippen LogP contribution is -2.33. The second-order valence-corrected chi connectivity index (χ2v) is 4.73. The normalized spacial score (nSPS) is 18.8. The van der Waals surface area contributed by atoms with Gasteiger partial charge in [0.2, 0.25) is 0 Å². The molecule has 0 bridgehead atoms. The molecule has 1 aromatic rings. The van der Waals surface area contributed by atoms with Crippen LogP contribution in [0, 0.1) is 11.8 Å². The number of pyridine rings is 1. The smallest absolute Gasteiger partial charge is 0.137 e. The van der Waals surface area contributed by atoms with Gasteiger partial charge < -0.3 is 4.74 Å². The number of hydrazine groups is 1. The Morgan fingerprint density at radius 1 is 1.53 bits per heavy atom. The highest BCUT2D eigenvalue weighted by Gasteiger charge is 2.33. The first kappa shape index (κ1) is 12.3. The SMILES string of the molecule is CCOc1cncc(C(NN)C(C)C2CC2)c1. The monoisotopic (exact) mass is 235 g/mol. The molecule has 4 nitrogen and oxygen atoms in total. The molecule has 1 aliphatic rings. The van der Waals surface area contributed by atoms with Gasteiger partial charge in [-0.3, -0.25) is 16.3 Å². The van der Waals surface area contributed by atoms with E-state index in [9.17, 15) is 0 Å². The maximum absolute atomic E-state index is 5.68. The van der Waals surface area contributed by atoms with Gasteiger partial charge in [0.25, 0.3) is 0 Å². The molecule has 0 aliphatic heterocycles. The van der Waals surface area contributed by atoms with Crippen LogP contribution in [0.1, 0.15) is 38.3 Å². The van der Waals surface area contributed by atoms with Crippen molar-refractivity contribution in [3.05, 3.63) is 24.0 Å². The zero-order chi connectivity index (χ0) is 12.3.